The van der Waals surface area contributed by atoms with E-state index in [0.717, 1.165) is 15.8 Å². The van der Waals surface area contributed by atoms with Gasteiger partial charge in [0.25, 0.3) is 5.91 Å². The van der Waals surface area contributed by atoms with E-state index in [1.54, 1.807) is 43.8 Å². The third-order valence-corrected chi connectivity index (χ3v) is 6.08. The van der Waals surface area contributed by atoms with Gasteiger partial charge in [-0.25, -0.2) is 4.39 Å². The van der Waals surface area contributed by atoms with E-state index in [1.165, 1.54) is 10.9 Å². The van der Waals surface area contributed by atoms with Gasteiger partial charge in [-0.3, -0.25) is 4.79 Å². The van der Waals surface area contributed by atoms with E-state index in [9.17, 15) is 9.18 Å². The number of thiophene rings is 1. The number of fused-ring (bicyclic) bond motifs is 1. The number of halogens is 1. The van der Waals surface area contributed by atoms with Gasteiger partial charge in [-0.1, -0.05) is 18.2 Å². The largest absolute Gasteiger partial charge is 0.497 e. The number of rotatable bonds is 7. The van der Waals surface area contributed by atoms with Crippen LogP contribution < -0.4 is 14.8 Å². The van der Waals surface area contributed by atoms with Crippen molar-refractivity contribution in [1.29, 1.82) is 0 Å². The molecule has 5 nitrogen and oxygen atoms in total. The second-order valence-corrected chi connectivity index (χ2v) is 8.51. The van der Waals surface area contributed by atoms with E-state index in [1.807, 2.05) is 35.8 Å². The minimum Gasteiger partial charge on any atom is -0.497 e. The number of carbonyl (C=O) groups excluding carboxylic acids is 1. The lowest BCUT2D eigenvalue weighted by molar-refractivity contribution is 0.0942. The Kier molecular flexibility index (Phi) is 5.95. The second-order valence-electron chi connectivity index (χ2n) is 7.22. The van der Waals surface area contributed by atoms with Gasteiger partial charge in [0, 0.05) is 29.6 Å². The molecule has 4 aromatic rings. The Morgan fingerprint density at radius 3 is 2.45 bits per heavy atom. The number of aromatic nitrogens is 1. The molecule has 7 heteroatoms. The molecular weight excluding hydrogens is 415 g/mol. The van der Waals surface area contributed by atoms with Crippen LogP contribution in [0.4, 0.5) is 4.39 Å². The van der Waals surface area contributed by atoms with E-state index in [2.05, 4.69) is 11.4 Å². The van der Waals surface area contributed by atoms with E-state index in [4.69, 9.17) is 9.47 Å². The molecule has 0 saturated carbocycles. The fourth-order valence-corrected chi connectivity index (χ4v) is 4.53. The monoisotopic (exact) mass is 438 g/mol. The summed E-state index contributed by atoms with van der Waals surface area (Å²) in [4.78, 5) is 14.2. The number of hydrogen-bond donors (Lipinski definition) is 1. The zero-order valence-corrected chi connectivity index (χ0v) is 18.4. The van der Waals surface area contributed by atoms with Crippen LogP contribution >= 0.6 is 11.3 Å². The van der Waals surface area contributed by atoms with Crippen LogP contribution in [-0.2, 0) is 13.1 Å². The van der Waals surface area contributed by atoms with Crippen LogP contribution in [0.1, 0.15) is 26.5 Å². The van der Waals surface area contributed by atoms with Gasteiger partial charge in [-0.15, -0.1) is 11.3 Å². The van der Waals surface area contributed by atoms with Gasteiger partial charge in [0.1, 0.15) is 23.0 Å². The van der Waals surface area contributed by atoms with Crippen molar-refractivity contribution >= 4 is 27.5 Å². The Morgan fingerprint density at radius 2 is 1.77 bits per heavy atom. The standard InChI is InChI=1S/C24H23FN2O3S/c1-15-8-21-23(31-15)12-22(24(28)26-13-17-6-4-5-7-20(17)25)27(21)14-16-9-18(29-2)11-19(10-16)30-3/h4-12H,13-14H2,1-3H3,(H,26,28). The highest BCUT2D eigenvalue weighted by molar-refractivity contribution is 7.19. The number of amides is 1. The SMILES string of the molecule is COc1cc(Cn2c(C(=O)NCc3ccccc3F)cc3sc(C)cc32)cc(OC)c1. The van der Waals surface area contributed by atoms with Crippen molar-refractivity contribution in [3.63, 3.8) is 0 Å². The van der Waals surface area contributed by atoms with Crippen molar-refractivity contribution < 1.29 is 18.7 Å². The van der Waals surface area contributed by atoms with Gasteiger partial charge in [0.2, 0.25) is 0 Å². The molecule has 0 spiro atoms. The third kappa shape index (κ3) is 4.41. The number of ether oxygens (including phenoxy) is 2. The minimum atomic E-state index is -0.335. The van der Waals surface area contributed by atoms with Crippen LogP contribution in [-0.4, -0.2) is 24.7 Å². The highest BCUT2D eigenvalue weighted by Gasteiger charge is 2.18. The molecule has 0 fully saturated rings. The summed E-state index contributed by atoms with van der Waals surface area (Å²) in [5.41, 5.74) is 2.91. The van der Waals surface area contributed by atoms with Gasteiger partial charge in [-0.05, 0) is 42.8 Å². The van der Waals surface area contributed by atoms with Gasteiger partial charge in [-0.2, -0.15) is 0 Å². The molecule has 1 amide bonds. The van der Waals surface area contributed by atoms with Crippen LogP contribution in [0.5, 0.6) is 11.5 Å². The van der Waals surface area contributed by atoms with Crippen molar-refractivity contribution in [3.05, 3.63) is 82.1 Å². The highest BCUT2D eigenvalue weighted by atomic mass is 32.1. The predicted octanol–water partition coefficient (Wildman–Crippen LogP) is 5.15. The quantitative estimate of drug-likeness (QED) is 0.434. The van der Waals surface area contributed by atoms with Gasteiger partial charge >= 0.3 is 0 Å². The normalized spacial score (nSPS) is 11.0. The number of nitrogens with zero attached hydrogens (tertiary/aromatic N) is 1. The Morgan fingerprint density at radius 1 is 1.06 bits per heavy atom. The topological polar surface area (TPSA) is 52.5 Å². The Balaban J connectivity index is 1.67. The lowest BCUT2D eigenvalue weighted by Gasteiger charge is -2.13. The van der Waals surface area contributed by atoms with Crippen molar-refractivity contribution in [2.75, 3.05) is 14.2 Å². The lowest BCUT2D eigenvalue weighted by Crippen LogP contribution is -2.26. The Bertz CT molecular complexity index is 1220. The van der Waals surface area contributed by atoms with Gasteiger partial charge in [0.05, 0.1) is 24.4 Å². The second kappa shape index (κ2) is 8.81. The number of aryl methyl sites for hydroxylation is 1. The first-order valence-corrected chi connectivity index (χ1v) is 10.6. The number of nitrogens with one attached hydrogen (secondary N) is 1. The minimum absolute atomic E-state index is 0.121. The Labute approximate surface area is 184 Å². The summed E-state index contributed by atoms with van der Waals surface area (Å²) in [7, 11) is 3.21. The molecule has 31 heavy (non-hydrogen) atoms. The molecule has 0 aliphatic heterocycles. The molecule has 2 heterocycles. The average Bonchev–Trinajstić information content (AvgIpc) is 3.29. The first kappa shape index (κ1) is 20.9. The smallest absolute Gasteiger partial charge is 0.268 e. The Hall–Kier alpha value is -3.32. The zero-order valence-electron chi connectivity index (χ0n) is 17.6. The molecule has 2 aromatic carbocycles. The molecule has 0 aliphatic carbocycles. The highest BCUT2D eigenvalue weighted by Crippen LogP contribution is 2.31. The molecule has 0 bridgehead atoms. The number of methoxy groups -OCH3 is 2. The van der Waals surface area contributed by atoms with E-state index < -0.39 is 0 Å². The molecule has 0 atom stereocenters. The molecule has 0 saturated heterocycles. The van der Waals surface area contributed by atoms with Gasteiger partial charge < -0.3 is 19.4 Å². The summed E-state index contributed by atoms with van der Waals surface area (Å²) >= 11 is 1.64. The van der Waals surface area contributed by atoms with Crippen LogP contribution in [0.2, 0.25) is 0 Å². The maximum Gasteiger partial charge on any atom is 0.268 e. The molecule has 160 valence electrons. The summed E-state index contributed by atoms with van der Waals surface area (Å²) in [5.74, 6) is 0.784. The molecule has 0 unspecified atom stereocenters. The average molecular weight is 439 g/mol. The molecule has 0 radical (unpaired) electrons. The first-order valence-electron chi connectivity index (χ1n) is 9.81. The van der Waals surface area contributed by atoms with Crippen LogP contribution in [0, 0.1) is 12.7 Å². The van der Waals surface area contributed by atoms with Crippen molar-refractivity contribution in [2.45, 2.75) is 20.0 Å². The molecule has 0 aliphatic rings. The molecule has 2 aromatic heterocycles. The fourth-order valence-electron chi connectivity index (χ4n) is 3.57. The molecule has 4 rings (SSSR count). The predicted molar refractivity (Wildman–Crippen MR) is 121 cm³/mol. The van der Waals surface area contributed by atoms with Crippen molar-refractivity contribution in [3.8, 4) is 11.5 Å². The number of benzene rings is 2. The summed E-state index contributed by atoms with van der Waals surface area (Å²) in [6.45, 7) is 2.63. The van der Waals surface area contributed by atoms with Crippen LogP contribution in [0.15, 0.2) is 54.6 Å². The lowest BCUT2D eigenvalue weighted by atomic mass is 10.2. The van der Waals surface area contributed by atoms with Crippen molar-refractivity contribution in [2.24, 2.45) is 0 Å². The summed E-state index contributed by atoms with van der Waals surface area (Å²) in [5, 5.41) is 2.85. The molecular formula is C24H23FN2O3S. The summed E-state index contributed by atoms with van der Waals surface area (Å²) < 4.78 is 27.7. The maximum absolute atomic E-state index is 13.9. The third-order valence-electron chi connectivity index (χ3n) is 5.09. The van der Waals surface area contributed by atoms with Crippen LogP contribution in [0.3, 0.4) is 0 Å². The van der Waals surface area contributed by atoms with E-state index in [-0.39, 0.29) is 18.3 Å². The number of carbonyl (C=O) groups is 1. The first-order chi connectivity index (χ1) is 15.0. The zero-order chi connectivity index (χ0) is 22.0. The van der Waals surface area contributed by atoms with E-state index in [0.29, 0.717) is 29.3 Å². The van der Waals surface area contributed by atoms with Crippen LogP contribution in [0.25, 0.3) is 10.2 Å². The number of hydrogen-bond acceptors (Lipinski definition) is 4. The maximum atomic E-state index is 13.9. The summed E-state index contributed by atoms with van der Waals surface area (Å²) in [6, 6.07) is 16.1. The fraction of sp³-hybridized carbons (Fsp3) is 0.208. The van der Waals surface area contributed by atoms with E-state index >= 15 is 0 Å². The van der Waals surface area contributed by atoms with Crippen molar-refractivity contribution in [1.82, 2.24) is 9.88 Å². The molecule has 1 N–H and O–H groups in total. The van der Waals surface area contributed by atoms with Gasteiger partial charge in [0.15, 0.2) is 0 Å². The summed E-state index contributed by atoms with van der Waals surface area (Å²) in [6.07, 6.45) is 0.